The molecule has 0 saturated heterocycles. The Morgan fingerprint density at radius 2 is 0.635 bits per heavy atom. The Hall–Kier alpha value is -1.66. The summed E-state index contributed by atoms with van der Waals surface area (Å²) in [5.41, 5.74) is 0. The van der Waals surface area contributed by atoms with E-state index in [1.54, 1.807) is 6.08 Å². The summed E-state index contributed by atoms with van der Waals surface area (Å²) < 4.78 is 5.50. The van der Waals surface area contributed by atoms with Crippen LogP contribution in [0.25, 0.3) is 0 Å². The van der Waals surface area contributed by atoms with Crippen LogP contribution >= 0.6 is 0 Å². The summed E-state index contributed by atoms with van der Waals surface area (Å²) in [6.07, 6.45) is 79.6. The number of hydrogen-bond acceptors (Lipinski definition) is 5. The van der Waals surface area contributed by atoms with Gasteiger partial charge in [-0.1, -0.05) is 327 Å². The van der Waals surface area contributed by atoms with Crippen molar-refractivity contribution in [2.75, 3.05) is 13.2 Å². The lowest BCUT2D eigenvalue weighted by molar-refractivity contribution is -0.143. The fourth-order valence-electron chi connectivity index (χ4n) is 10.6. The van der Waals surface area contributed by atoms with Crippen LogP contribution in [0, 0.1) is 0 Å². The largest absolute Gasteiger partial charge is 0.466 e. The number of amides is 1. The van der Waals surface area contributed by atoms with E-state index in [0.29, 0.717) is 19.4 Å². The van der Waals surface area contributed by atoms with Crippen molar-refractivity contribution in [3.63, 3.8) is 0 Å². The van der Waals surface area contributed by atoms with Crippen LogP contribution in [0.15, 0.2) is 24.3 Å². The van der Waals surface area contributed by atoms with Crippen LogP contribution < -0.4 is 5.32 Å². The average molecular weight is 1040 g/mol. The van der Waals surface area contributed by atoms with Crippen LogP contribution in [0.3, 0.4) is 0 Å². The Morgan fingerprint density at radius 1 is 0.365 bits per heavy atom. The molecule has 0 aromatic carbocycles. The van der Waals surface area contributed by atoms with E-state index in [4.69, 9.17) is 4.74 Å². The van der Waals surface area contributed by atoms with E-state index >= 15 is 0 Å². The number of hydrogen-bond donors (Lipinski definition) is 3. The van der Waals surface area contributed by atoms with Crippen molar-refractivity contribution in [1.82, 2.24) is 5.32 Å². The second-order valence-electron chi connectivity index (χ2n) is 23.2. The molecule has 0 heterocycles. The molecule has 0 aliphatic rings. The average Bonchev–Trinajstić information content (AvgIpc) is 3.40. The fraction of sp³-hybridized carbons (Fsp3) is 0.912. The Kier molecular flexibility index (Phi) is 62.4. The molecule has 438 valence electrons. The molecule has 6 heteroatoms. The van der Waals surface area contributed by atoms with Crippen LogP contribution in [0.2, 0.25) is 0 Å². The number of unbranched alkanes of at least 4 members (excludes halogenated alkanes) is 50. The molecule has 6 nitrogen and oxygen atoms in total. The summed E-state index contributed by atoms with van der Waals surface area (Å²) in [6, 6.07) is -0.626. The molecule has 2 unspecified atom stereocenters. The van der Waals surface area contributed by atoms with Gasteiger partial charge in [0.15, 0.2) is 0 Å². The van der Waals surface area contributed by atoms with Crippen molar-refractivity contribution in [3.05, 3.63) is 24.3 Å². The van der Waals surface area contributed by atoms with Crippen molar-refractivity contribution < 1.29 is 24.5 Å². The first-order chi connectivity index (χ1) is 36.5. The van der Waals surface area contributed by atoms with Gasteiger partial charge in [-0.2, -0.15) is 0 Å². The molecule has 0 bridgehead atoms. The summed E-state index contributed by atoms with van der Waals surface area (Å²) in [5.74, 6) is -0.0473. The maximum Gasteiger partial charge on any atom is 0.305 e. The lowest BCUT2D eigenvalue weighted by Crippen LogP contribution is -2.45. The summed E-state index contributed by atoms with van der Waals surface area (Å²) in [5, 5.41) is 23.1. The Bertz CT molecular complexity index is 1150. The maximum absolute atomic E-state index is 12.4. The standard InChI is InChI=1S/C68H131NO5/c1-3-5-7-9-11-13-15-17-18-31-35-38-42-46-50-54-58-62-68(73)74-63-59-55-51-47-43-39-36-33-30-28-26-24-22-20-19-21-23-25-27-29-32-34-37-41-45-49-53-57-61-67(72)69-65(64-70)66(71)60-56-52-48-44-40-16-14-12-10-8-6-4-2/h19-20,56,60,65-66,70-71H,3-18,21-55,57-59,61-64H2,1-2H3,(H,69,72)/b20-19-,60-56+. The minimum atomic E-state index is -0.843. The molecule has 0 rings (SSSR count). The summed E-state index contributed by atoms with van der Waals surface area (Å²) in [4.78, 5) is 24.5. The lowest BCUT2D eigenvalue weighted by Gasteiger charge is -2.20. The molecule has 0 aromatic rings. The fourth-order valence-corrected chi connectivity index (χ4v) is 10.6. The minimum Gasteiger partial charge on any atom is -0.466 e. The number of carbonyl (C=O) groups is 2. The summed E-state index contributed by atoms with van der Waals surface area (Å²) in [6.45, 7) is 4.93. The van der Waals surface area contributed by atoms with Gasteiger partial charge in [-0.3, -0.25) is 9.59 Å². The molecule has 0 radical (unpaired) electrons. The molecule has 0 aliphatic heterocycles. The molecule has 0 fully saturated rings. The normalized spacial score (nSPS) is 12.6. The number of nitrogens with one attached hydrogen (secondary N) is 1. The summed E-state index contributed by atoms with van der Waals surface area (Å²) in [7, 11) is 0. The van der Waals surface area contributed by atoms with Crippen molar-refractivity contribution >= 4 is 11.9 Å². The first kappa shape index (κ1) is 72.3. The van der Waals surface area contributed by atoms with Crippen molar-refractivity contribution in [2.24, 2.45) is 0 Å². The van der Waals surface area contributed by atoms with Gasteiger partial charge in [0.2, 0.25) is 5.91 Å². The van der Waals surface area contributed by atoms with Gasteiger partial charge in [0.25, 0.3) is 0 Å². The highest BCUT2D eigenvalue weighted by atomic mass is 16.5. The van der Waals surface area contributed by atoms with Crippen LogP contribution in [0.5, 0.6) is 0 Å². The SMILES string of the molecule is CCCCCCCCCCCC/C=C/C(O)C(CO)NC(=O)CCCCCCCCCCCCCC/C=C\CCCCCCCCCCCCCCOC(=O)CCCCCCCCCCCCCCCCCCC. The number of aliphatic hydroxyl groups excluding tert-OH is 2. The number of carbonyl (C=O) groups excluding carboxylic acids is 2. The second kappa shape index (κ2) is 63.9. The van der Waals surface area contributed by atoms with E-state index < -0.39 is 12.1 Å². The van der Waals surface area contributed by atoms with E-state index in [2.05, 4.69) is 31.3 Å². The first-order valence-electron chi connectivity index (χ1n) is 33.6. The monoisotopic (exact) mass is 1040 g/mol. The molecular weight excluding hydrogens is 911 g/mol. The van der Waals surface area contributed by atoms with Crippen LogP contribution in [0.4, 0.5) is 0 Å². The Balaban J connectivity index is 3.36. The lowest BCUT2D eigenvalue weighted by atomic mass is 10.0. The number of ether oxygens (including phenoxy) is 1. The third kappa shape index (κ3) is 59.6. The zero-order chi connectivity index (χ0) is 53.6. The molecule has 74 heavy (non-hydrogen) atoms. The van der Waals surface area contributed by atoms with Crippen LogP contribution in [0.1, 0.15) is 373 Å². The highest BCUT2D eigenvalue weighted by molar-refractivity contribution is 5.76. The topological polar surface area (TPSA) is 95.9 Å². The molecule has 2 atom stereocenters. The van der Waals surface area contributed by atoms with E-state index in [0.717, 1.165) is 38.5 Å². The van der Waals surface area contributed by atoms with Crippen molar-refractivity contribution in [3.8, 4) is 0 Å². The smallest absolute Gasteiger partial charge is 0.305 e. The molecule has 0 spiro atoms. The van der Waals surface area contributed by atoms with E-state index in [-0.39, 0.29) is 18.5 Å². The van der Waals surface area contributed by atoms with Gasteiger partial charge < -0.3 is 20.3 Å². The van der Waals surface area contributed by atoms with Gasteiger partial charge in [-0.25, -0.2) is 0 Å². The van der Waals surface area contributed by atoms with Gasteiger partial charge in [-0.05, 0) is 57.8 Å². The van der Waals surface area contributed by atoms with Crippen molar-refractivity contribution in [2.45, 2.75) is 386 Å². The summed E-state index contributed by atoms with van der Waals surface area (Å²) >= 11 is 0. The first-order valence-corrected chi connectivity index (χ1v) is 33.6. The van der Waals surface area contributed by atoms with E-state index in [1.165, 1.54) is 308 Å². The third-order valence-electron chi connectivity index (χ3n) is 15.7. The highest BCUT2D eigenvalue weighted by Crippen LogP contribution is 2.18. The van der Waals surface area contributed by atoms with Crippen molar-refractivity contribution in [1.29, 1.82) is 0 Å². The molecular formula is C68H131NO5. The molecule has 0 aromatic heterocycles. The Morgan fingerprint density at radius 3 is 0.959 bits per heavy atom. The van der Waals surface area contributed by atoms with E-state index in [1.807, 2.05) is 6.08 Å². The van der Waals surface area contributed by atoms with Gasteiger partial charge in [0.05, 0.1) is 25.4 Å². The quantitative estimate of drug-likeness (QED) is 0.0320. The number of rotatable bonds is 63. The van der Waals surface area contributed by atoms with Gasteiger partial charge >= 0.3 is 5.97 Å². The zero-order valence-corrected chi connectivity index (χ0v) is 50.1. The van der Waals surface area contributed by atoms with Gasteiger partial charge in [-0.15, -0.1) is 0 Å². The minimum absolute atomic E-state index is 0.0199. The number of aliphatic hydroxyl groups is 2. The van der Waals surface area contributed by atoms with Gasteiger partial charge in [0, 0.05) is 12.8 Å². The molecule has 0 aliphatic carbocycles. The zero-order valence-electron chi connectivity index (χ0n) is 50.1. The molecule has 0 saturated carbocycles. The predicted molar refractivity (Wildman–Crippen MR) is 324 cm³/mol. The molecule has 1 amide bonds. The number of allylic oxidation sites excluding steroid dienone is 3. The van der Waals surface area contributed by atoms with Crippen LogP contribution in [-0.2, 0) is 14.3 Å². The number of esters is 1. The highest BCUT2D eigenvalue weighted by Gasteiger charge is 2.18. The maximum atomic E-state index is 12.4. The van der Waals surface area contributed by atoms with Crippen LogP contribution in [-0.4, -0.2) is 47.4 Å². The third-order valence-corrected chi connectivity index (χ3v) is 15.7. The van der Waals surface area contributed by atoms with E-state index in [9.17, 15) is 19.8 Å². The molecule has 3 N–H and O–H groups in total. The Labute approximate surface area is 462 Å². The second-order valence-corrected chi connectivity index (χ2v) is 23.2. The van der Waals surface area contributed by atoms with Gasteiger partial charge in [0.1, 0.15) is 0 Å². The predicted octanol–water partition coefficient (Wildman–Crippen LogP) is 21.4.